The SMILES string of the molecule is COc1cccc(C2/C(=C(/O)c3ccc(C)c(C)c3)C(=O)C(=O)N2c2ccc(CC(=O)O)cc2)c1. The van der Waals surface area contributed by atoms with Gasteiger partial charge >= 0.3 is 5.97 Å². The van der Waals surface area contributed by atoms with Crippen LogP contribution in [-0.2, 0) is 20.8 Å². The zero-order valence-electron chi connectivity index (χ0n) is 19.6. The maximum absolute atomic E-state index is 13.3. The number of hydrogen-bond donors (Lipinski definition) is 2. The van der Waals surface area contributed by atoms with Crippen molar-refractivity contribution in [2.75, 3.05) is 12.0 Å². The number of carboxylic acids is 1. The minimum atomic E-state index is -0.969. The molecule has 0 radical (unpaired) electrons. The van der Waals surface area contributed by atoms with Crippen molar-refractivity contribution in [3.05, 3.63) is 100 Å². The lowest BCUT2D eigenvalue weighted by Crippen LogP contribution is -2.29. The first kappa shape index (κ1) is 23.8. The van der Waals surface area contributed by atoms with Gasteiger partial charge in [-0.2, -0.15) is 0 Å². The standard InChI is InChI=1S/C28H25NO6/c1-16-7-10-20(13-17(16)2)26(32)24-25(19-5-4-6-22(15-19)35-3)29(28(34)27(24)33)21-11-8-18(9-12-21)14-23(30)31/h4-13,15,25,32H,14H2,1-3H3,(H,30,31)/b26-24-. The van der Waals surface area contributed by atoms with Crippen molar-refractivity contribution in [2.24, 2.45) is 0 Å². The second kappa shape index (κ2) is 9.46. The van der Waals surface area contributed by atoms with Crippen LogP contribution in [0.1, 0.15) is 33.9 Å². The topological polar surface area (TPSA) is 104 Å². The molecule has 1 amide bonds. The molecule has 2 N–H and O–H groups in total. The molecule has 0 aromatic heterocycles. The zero-order valence-corrected chi connectivity index (χ0v) is 19.6. The van der Waals surface area contributed by atoms with E-state index < -0.39 is 23.7 Å². The number of carbonyl (C=O) groups excluding carboxylic acids is 2. The number of hydrogen-bond acceptors (Lipinski definition) is 5. The fraction of sp³-hybridized carbons (Fsp3) is 0.179. The van der Waals surface area contributed by atoms with E-state index in [4.69, 9.17) is 9.84 Å². The number of carbonyl (C=O) groups is 3. The minimum absolute atomic E-state index is 0.0267. The van der Waals surface area contributed by atoms with Crippen LogP contribution in [0.4, 0.5) is 5.69 Å². The molecular weight excluding hydrogens is 446 g/mol. The zero-order chi connectivity index (χ0) is 25.3. The number of ketones is 1. The van der Waals surface area contributed by atoms with Crippen LogP contribution in [0.2, 0.25) is 0 Å². The highest BCUT2D eigenvalue weighted by molar-refractivity contribution is 6.51. The molecule has 3 aromatic rings. The summed E-state index contributed by atoms with van der Waals surface area (Å²) in [5.74, 6) is -2.28. The van der Waals surface area contributed by atoms with Crippen LogP contribution in [0, 0.1) is 13.8 Å². The second-order valence-corrected chi connectivity index (χ2v) is 8.48. The highest BCUT2D eigenvalue weighted by Gasteiger charge is 2.47. The Bertz CT molecular complexity index is 1360. The van der Waals surface area contributed by atoms with E-state index in [0.717, 1.165) is 11.1 Å². The number of aryl methyl sites for hydroxylation is 2. The maximum atomic E-state index is 13.3. The van der Waals surface area contributed by atoms with Gasteiger partial charge in [0.2, 0.25) is 0 Å². The number of aliphatic hydroxyl groups excluding tert-OH is 1. The van der Waals surface area contributed by atoms with Gasteiger partial charge in [-0.05, 0) is 66.4 Å². The van der Waals surface area contributed by atoms with Crippen LogP contribution >= 0.6 is 0 Å². The molecule has 0 bridgehead atoms. The Labute approximate surface area is 202 Å². The van der Waals surface area contributed by atoms with Crippen molar-refractivity contribution in [3.8, 4) is 5.75 Å². The lowest BCUT2D eigenvalue weighted by atomic mass is 9.94. The third kappa shape index (κ3) is 4.53. The molecule has 178 valence electrons. The first-order valence-electron chi connectivity index (χ1n) is 11.0. The van der Waals surface area contributed by atoms with Gasteiger partial charge in [0, 0.05) is 11.3 Å². The van der Waals surface area contributed by atoms with E-state index in [2.05, 4.69) is 0 Å². The molecule has 1 fully saturated rings. The van der Waals surface area contributed by atoms with E-state index in [1.54, 1.807) is 60.7 Å². The molecule has 1 aliphatic heterocycles. The van der Waals surface area contributed by atoms with Crippen LogP contribution in [0.25, 0.3) is 5.76 Å². The Morgan fingerprint density at radius 2 is 1.66 bits per heavy atom. The summed E-state index contributed by atoms with van der Waals surface area (Å²) in [5, 5.41) is 20.3. The number of methoxy groups -OCH3 is 1. The van der Waals surface area contributed by atoms with Gasteiger partial charge in [-0.15, -0.1) is 0 Å². The van der Waals surface area contributed by atoms with Crippen LogP contribution in [0.15, 0.2) is 72.3 Å². The molecule has 0 saturated carbocycles. The number of benzene rings is 3. The van der Waals surface area contributed by atoms with Gasteiger partial charge < -0.3 is 14.9 Å². The number of aliphatic carboxylic acids is 1. The molecule has 35 heavy (non-hydrogen) atoms. The largest absolute Gasteiger partial charge is 0.507 e. The van der Waals surface area contributed by atoms with Crippen LogP contribution in [-0.4, -0.2) is 35.0 Å². The Kier molecular flexibility index (Phi) is 6.42. The van der Waals surface area contributed by atoms with E-state index in [1.807, 2.05) is 19.9 Å². The number of ether oxygens (including phenoxy) is 1. The predicted octanol–water partition coefficient (Wildman–Crippen LogP) is 4.57. The molecule has 4 rings (SSSR count). The number of carboxylic acid groups (broad SMARTS) is 1. The smallest absolute Gasteiger partial charge is 0.307 e. The molecule has 7 nitrogen and oxygen atoms in total. The average molecular weight is 472 g/mol. The summed E-state index contributed by atoms with van der Waals surface area (Å²) in [6.45, 7) is 3.85. The third-order valence-electron chi connectivity index (χ3n) is 6.20. The van der Waals surface area contributed by atoms with E-state index in [-0.39, 0.29) is 17.8 Å². The van der Waals surface area contributed by atoms with Crippen molar-refractivity contribution < 1.29 is 29.3 Å². The number of anilines is 1. The van der Waals surface area contributed by atoms with Crippen molar-refractivity contribution in [1.82, 2.24) is 0 Å². The number of Topliss-reactive ketones (excluding diaryl/α,β-unsaturated/α-hetero) is 1. The molecule has 7 heteroatoms. The lowest BCUT2D eigenvalue weighted by Gasteiger charge is -2.26. The summed E-state index contributed by atoms with van der Waals surface area (Å²) >= 11 is 0. The first-order valence-corrected chi connectivity index (χ1v) is 11.0. The molecule has 1 unspecified atom stereocenters. The van der Waals surface area contributed by atoms with Gasteiger partial charge in [0.25, 0.3) is 11.7 Å². The average Bonchev–Trinajstić information content (AvgIpc) is 3.11. The molecule has 1 atom stereocenters. The van der Waals surface area contributed by atoms with Crippen molar-refractivity contribution >= 4 is 29.1 Å². The van der Waals surface area contributed by atoms with Crippen LogP contribution in [0.5, 0.6) is 5.75 Å². The van der Waals surface area contributed by atoms with Gasteiger partial charge in [0.1, 0.15) is 11.5 Å². The summed E-state index contributed by atoms with van der Waals surface area (Å²) in [6.07, 6.45) is -0.162. The molecular formula is C28H25NO6. The highest BCUT2D eigenvalue weighted by Crippen LogP contribution is 2.43. The number of amides is 1. The lowest BCUT2D eigenvalue weighted by molar-refractivity contribution is -0.136. The van der Waals surface area contributed by atoms with E-state index in [9.17, 15) is 19.5 Å². The second-order valence-electron chi connectivity index (χ2n) is 8.48. The van der Waals surface area contributed by atoms with Gasteiger partial charge in [-0.1, -0.05) is 36.4 Å². The molecule has 1 aliphatic rings. The Balaban J connectivity index is 1.90. The summed E-state index contributed by atoms with van der Waals surface area (Å²) in [4.78, 5) is 38.9. The van der Waals surface area contributed by atoms with E-state index >= 15 is 0 Å². The molecule has 0 spiro atoms. The normalized spacial score (nSPS) is 17.0. The molecule has 0 aliphatic carbocycles. The number of nitrogens with zero attached hydrogens (tertiary/aromatic N) is 1. The highest BCUT2D eigenvalue weighted by atomic mass is 16.5. The third-order valence-corrected chi connectivity index (χ3v) is 6.20. The summed E-state index contributed by atoms with van der Waals surface area (Å²) in [7, 11) is 1.52. The van der Waals surface area contributed by atoms with Gasteiger partial charge in [-0.25, -0.2) is 0 Å². The molecule has 3 aromatic carbocycles. The number of aliphatic hydroxyl groups is 1. The first-order chi connectivity index (χ1) is 16.7. The van der Waals surface area contributed by atoms with Gasteiger partial charge in [0.15, 0.2) is 0 Å². The minimum Gasteiger partial charge on any atom is -0.507 e. The maximum Gasteiger partial charge on any atom is 0.307 e. The van der Waals surface area contributed by atoms with Crippen LogP contribution < -0.4 is 9.64 Å². The van der Waals surface area contributed by atoms with Crippen LogP contribution in [0.3, 0.4) is 0 Å². The predicted molar refractivity (Wildman–Crippen MR) is 131 cm³/mol. The summed E-state index contributed by atoms with van der Waals surface area (Å²) in [5.41, 5.74) is 3.95. The summed E-state index contributed by atoms with van der Waals surface area (Å²) in [6, 6.07) is 17.8. The van der Waals surface area contributed by atoms with Gasteiger partial charge in [0.05, 0.1) is 25.1 Å². The Morgan fingerprint density at radius 1 is 0.943 bits per heavy atom. The van der Waals surface area contributed by atoms with Gasteiger partial charge in [-0.3, -0.25) is 19.3 Å². The van der Waals surface area contributed by atoms with E-state index in [1.165, 1.54) is 12.0 Å². The fourth-order valence-electron chi connectivity index (χ4n) is 4.22. The van der Waals surface area contributed by atoms with E-state index in [0.29, 0.717) is 28.1 Å². The molecule has 1 saturated heterocycles. The van der Waals surface area contributed by atoms with Crippen molar-refractivity contribution in [3.63, 3.8) is 0 Å². The monoisotopic (exact) mass is 471 g/mol. The Morgan fingerprint density at radius 3 is 2.29 bits per heavy atom. The molecule has 1 heterocycles. The Hall–Kier alpha value is -4.39. The summed E-state index contributed by atoms with van der Waals surface area (Å²) < 4.78 is 5.35. The van der Waals surface area contributed by atoms with Crippen molar-refractivity contribution in [2.45, 2.75) is 26.3 Å². The fourth-order valence-corrected chi connectivity index (χ4v) is 4.22. The number of rotatable bonds is 6. The quantitative estimate of drug-likeness (QED) is 0.310. The van der Waals surface area contributed by atoms with Crippen molar-refractivity contribution in [1.29, 1.82) is 0 Å².